The fourth-order valence-electron chi connectivity index (χ4n) is 1.82. The number of allylic oxidation sites excluding steroid dienone is 3. The van der Waals surface area contributed by atoms with Crippen molar-refractivity contribution in [2.24, 2.45) is 0 Å². The molecule has 1 saturated heterocycles. The highest BCUT2D eigenvalue weighted by Gasteiger charge is 2.53. The molecule has 1 heterocycles. The Hall–Kier alpha value is -0.680. The van der Waals surface area contributed by atoms with Crippen LogP contribution in [0.4, 0.5) is 0 Å². The summed E-state index contributed by atoms with van der Waals surface area (Å²) in [7, 11) is 3.01. The number of rotatable bonds is 5. The van der Waals surface area contributed by atoms with Crippen LogP contribution >= 0.6 is 0 Å². The highest BCUT2D eigenvalue weighted by molar-refractivity contribution is 5.14. The molecular formula is C13H22O4. The van der Waals surface area contributed by atoms with Gasteiger partial charge in [0, 0.05) is 14.2 Å². The van der Waals surface area contributed by atoms with Crippen molar-refractivity contribution in [1.82, 2.24) is 0 Å². The highest BCUT2D eigenvalue weighted by Crippen LogP contribution is 2.39. The maximum Gasteiger partial charge on any atom is 0.285 e. The van der Waals surface area contributed by atoms with Gasteiger partial charge < -0.3 is 19.3 Å². The van der Waals surface area contributed by atoms with Crippen LogP contribution in [0.2, 0.25) is 0 Å². The molecular weight excluding hydrogens is 220 g/mol. The first-order valence-electron chi connectivity index (χ1n) is 5.85. The summed E-state index contributed by atoms with van der Waals surface area (Å²) in [4.78, 5) is 0. The summed E-state index contributed by atoms with van der Waals surface area (Å²) in [5.74, 6) is -1.15. The van der Waals surface area contributed by atoms with E-state index in [9.17, 15) is 5.11 Å². The zero-order valence-electron chi connectivity index (χ0n) is 11.0. The molecule has 0 aliphatic carbocycles. The second-order valence-electron chi connectivity index (χ2n) is 4.29. The van der Waals surface area contributed by atoms with E-state index in [1.807, 2.05) is 31.2 Å². The summed E-state index contributed by atoms with van der Waals surface area (Å²) in [6, 6.07) is 0. The standard InChI is InChI=1S/C13H22O4/c1-5-6-7-8-9-12(2)11(14)10-13(15-3,16-4)17-12/h6-9,11,14H,5,10H2,1-4H3/b7-6+,9-8+/t11-,12-/m1/s1. The Kier molecular flexibility index (Phi) is 4.89. The first-order chi connectivity index (χ1) is 8.02. The molecule has 0 radical (unpaired) electrons. The Morgan fingerprint density at radius 3 is 2.47 bits per heavy atom. The van der Waals surface area contributed by atoms with Crippen LogP contribution in [0.1, 0.15) is 26.7 Å². The fraction of sp³-hybridized carbons (Fsp3) is 0.692. The largest absolute Gasteiger partial charge is 0.389 e. The molecule has 4 nitrogen and oxygen atoms in total. The molecule has 1 N–H and O–H groups in total. The summed E-state index contributed by atoms with van der Waals surface area (Å²) >= 11 is 0. The summed E-state index contributed by atoms with van der Waals surface area (Å²) in [6.45, 7) is 3.88. The predicted molar refractivity (Wildman–Crippen MR) is 65.4 cm³/mol. The molecule has 0 bridgehead atoms. The topological polar surface area (TPSA) is 47.9 Å². The van der Waals surface area contributed by atoms with E-state index >= 15 is 0 Å². The van der Waals surface area contributed by atoms with Gasteiger partial charge in [-0.25, -0.2) is 0 Å². The molecule has 0 saturated carbocycles. The lowest BCUT2D eigenvalue weighted by Gasteiger charge is -2.28. The SMILES string of the molecule is CC/C=C/C=C/[C@@]1(C)OC(OC)(OC)C[C@H]1O. The number of aliphatic hydroxyl groups is 1. The molecule has 4 heteroatoms. The lowest BCUT2D eigenvalue weighted by atomic mass is 9.98. The van der Waals surface area contributed by atoms with Gasteiger partial charge in [0.05, 0.1) is 12.5 Å². The molecule has 0 spiro atoms. The first-order valence-corrected chi connectivity index (χ1v) is 5.85. The van der Waals surface area contributed by atoms with Gasteiger partial charge in [0.15, 0.2) is 0 Å². The molecule has 1 aliphatic heterocycles. The van der Waals surface area contributed by atoms with E-state index in [0.717, 1.165) is 6.42 Å². The summed E-state index contributed by atoms with van der Waals surface area (Å²) in [5, 5.41) is 10.0. The van der Waals surface area contributed by atoms with Crippen LogP contribution in [0, 0.1) is 0 Å². The van der Waals surface area contributed by atoms with Gasteiger partial charge in [-0.1, -0.05) is 31.2 Å². The van der Waals surface area contributed by atoms with Crippen molar-refractivity contribution in [3.8, 4) is 0 Å². The van der Waals surface area contributed by atoms with E-state index < -0.39 is 17.7 Å². The number of ether oxygens (including phenoxy) is 3. The molecule has 98 valence electrons. The molecule has 0 aromatic rings. The zero-order chi connectivity index (χ0) is 12.9. The number of methoxy groups -OCH3 is 2. The van der Waals surface area contributed by atoms with Gasteiger partial charge in [0.1, 0.15) is 5.60 Å². The van der Waals surface area contributed by atoms with Crippen LogP contribution in [-0.2, 0) is 14.2 Å². The van der Waals surface area contributed by atoms with E-state index in [1.54, 1.807) is 0 Å². The van der Waals surface area contributed by atoms with Crippen LogP contribution < -0.4 is 0 Å². The average molecular weight is 242 g/mol. The third kappa shape index (κ3) is 3.16. The minimum atomic E-state index is -1.15. The highest BCUT2D eigenvalue weighted by atomic mass is 16.9. The zero-order valence-corrected chi connectivity index (χ0v) is 11.0. The Bertz CT molecular complexity index is 294. The van der Waals surface area contributed by atoms with Gasteiger partial charge in [-0.2, -0.15) is 0 Å². The van der Waals surface area contributed by atoms with Crippen LogP contribution in [0.5, 0.6) is 0 Å². The van der Waals surface area contributed by atoms with E-state index in [0.29, 0.717) is 6.42 Å². The van der Waals surface area contributed by atoms with Crippen LogP contribution in [-0.4, -0.2) is 37.0 Å². The predicted octanol–water partition coefficient (Wildman–Crippen LogP) is 2.00. The van der Waals surface area contributed by atoms with Crippen molar-refractivity contribution in [3.63, 3.8) is 0 Å². The molecule has 17 heavy (non-hydrogen) atoms. The van der Waals surface area contributed by atoms with Crippen molar-refractivity contribution in [3.05, 3.63) is 24.3 Å². The van der Waals surface area contributed by atoms with Crippen LogP contribution in [0.15, 0.2) is 24.3 Å². The molecule has 0 aromatic carbocycles. The monoisotopic (exact) mass is 242 g/mol. The Morgan fingerprint density at radius 2 is 2.00 bits per heavy atom. The van der Waals surface area contributed by atoms with Gasteiger partial charge in [-0.3, -0.25) is 0 Å². The Morgan fingerprint density at radius 1 is 1.35 bits per heavy atom. The lowest BCUT2D eigenvalue weighted by molar-refractivity contribution is -0.358. The lowest BCUT2D eigenvalue weighted by Crippen LogP contribution is -2.37. The fourth-order valence-corrected chi connectivity index (χ4v) is 1.82. The third-order valence-corrected chi connectivity index (χ3v) is 3.01. The van der Waals surface area contributed by atoms with E-state index in [1.165, 1.54) is 14.2 Å². The normalized spacial score (nSPS) is 32.9. The average Bonchev–Trinajstić information content (AvgIpc) is 2.59. The second-order valence-corrected chi connectivity index (χ2v) is 4.29. The molecule has 1 rings (SSSR count). The smallest absolute Gasteiger partial charge is 0.285 e. The summed E-state index contributed by atoms with van der Waals surface area (Å²) < 4.78 is 16.1. The van der Waals surface area contributed by atoms with Crippen molar-refractivity contribution in [1.29, 1.82) is 0 Å². The van der Waals surface area contributed by atoms with Crippen molar-refractivity contribution in [2.45, 2.75) is 44.4 Å². The molecule has 1 aliphatic rings. The van der Waals surface area contributed by atoms with Crippen molar-refractivity contribution in [2.75, 3.05) is 14.2 Å². The Balaban J connectivity index is 2.77. The van der Waals surface area contributed by atoms with Gasteiger partial charge in [0.25, 0.3) is 5.97 Å². The minimum absolute atomic E-state index is 0.290. The van der Waals surface area contributed by atoms with E-state index in [-0.39, 0.29) is 0 Å². The summed E-state index contributed by atoms with van der Waals surface area (Å²) in [6.07, 6.45) is 8.26. The van der Waals surface area contributed by atoms with Gasteiger partial charge in [-0.15, -0.1) is 0 Å². The van der Waals surface area contributed by atoms with Gasteiger partial charge in [-0.05, 0) is 13.3 Å². The third-order valence-electron chi connectivity index (χ3n) is 3.01. The Labute approximate surface area is 103 Å². The maximum atomic E-state index is 10.0. The molecule has 1 fully saturated rings. The second kappa shape index (κ2) is 5.78. The van der Waals surface area contributed by atoms with Crippen LogP contribution in [0.3, 0.4) is 0 Å². The molecule has 0 unspecified atom stereocenters. The number of aliphatic hydroxyl groups excluding tert-OH is 1. The maximum absolute atomic E-state index is 10.0. The van der Waals surface area contributed by atoms with E-state index in [4.69, 9.17) is 14.2 Å². The molecule has 2 atom stereocenters. The van der Waals surface area contributed by atoms with E-state index in [2.05, 4.69) is 6.92 Å². The summed E-state index contributed by atoms with van der Waals surface area (Å²) in [5.41, 5.74) is -0.788. The van der Waals surface area contributed by atoms with Crippen LogP contribution in [0.25, 0.3) is 0 Å². The first kappa shape index (κ1) is 14.4. The quantitative estimate of drug-likeness (QED) is 0.591. The van der Waals surface area contributed by atoms with Crippen molar-refractivity contribution >= 4 is 0 Å². The molecule has 0 amide bonds. The number of hydrogen-bond donors (Lipinski definition) is 1. The van der Waals surface area contributed by atoms with Gasteiger partial charge in [0.2, 0.25) is 0 Å². The minimum Gasteiger partial charge on any atom is -0.389 e. The van der Waals surface area contributed by atoms with Crippen molar-refractivity contribution < 1.29 is 19.3 Å². The number of hydrogen-bond acceptors (Lipinski definition) is 4. The molecule has 0 aromatic heterocycles. The van der Waals surface area contributed by atoms with Gasteiger partial charge >= 0.3 is 0 Å².